The predicted molar refractivity (Wildman–Crippen MR) is 132 cm³/mol. The van der Waals surface area contributed by atoms with Crippen LogP contribution in [0.15, 0.2) is 59.7 Å². The molecule has 0 aliphatic carbocycles. The van der Waals surface area contributed by atoms with Crippen LogP contribution < -0.4 is 24.4 Å². The predicted octanol–water partition coefficient (Wildman–Crippen LogP) is 5.33. The van der Waals surface area contributed by atoms with E-state index >= 15 is 0 Å². The Morgan fingerprint density at radius 2 is 1.79 bits per heavy atom. The summed E-state index contributed by atoms with van der Waals surface area (Å²) in [6.07, 6.45) is 1.66. The highest BCUT2D eigenvalue weighted by Gasteiger charge is 2.13. The van der Waals surface area contributed by atoms with E-state index in [0.29, 0.717) is 46.7 Å². The van der Waals surface area contributed by atoms with Gasteiger partial charge in [-0.2, -0.15) is 10.4 Å². The summed E-state index contributed by atoms with van der Waals surface area (Å²) < 4.78 is 22.3. The molecule has 1 N–H and O–H groups in total. The van der Waals surface area contributed by atoms with Crippen LogP contribution in [0.3, 0.4) is 0 Å². The van der Waals surface area contributed by atoms with Crippen molar-refractivity contribution < 1.29 is 18.9 Å². The van der Waals surface area contributed by atoms with Crippen LogP contribution in [0.1, 0.15) is 29.2 Å². The molecule has 34 heavy (non-hydrogen) atoms. The van der Waals surface area contributed by atoms with E-state index in [-0.39, 0.29) is 6.61 Å². The zero-order valence-corrected chi connectivity index (χ0v) is 20.1. The molecule has 0 fully saturated rings. The average Bonchev–Trinajstić information content (AvgIpc) is 2.86. The van der Waals surface area contributed by atoms with E-state index in [1.165, 1.54) is 0 Å². The van der Waals surface area contributed by atoms with E-state index in [2.05, 4.69) is 16.6 Å². The lowest BCUT2D eigenvalue weighted by Gasteiger charge is -2.14. The van der Waals surface area contributed by atoms with Crippen molar-refractivity contribution in [3.8, 4) is 29.1 Å². The number of nitrogens with zero attached hydrogens (tertiary/aromatic N) is 2. The van der Waals surface area contributed by atoms with E-state index in [1.54, 1.807) is 38.6 Å². The zero-order chi connectivity index (χ0) is 24.3. The molecule has 0 aliphatic heterocycles. The molecule has 3 aromatic carbocycles. The minimum absolute atomic E-state index is 0.260. The molecule has 0 atom stereocenters. The van der Waals surface area contributed by atoms with Gasteiger partial charge in [-0.1, -0.05) is 29.8 Å². The number of nitrogens with one attached hydrogen (secondary N) is 1. The maximum Gasteiger partial charge on any atom is 0.180 e. The van der Waals surface area contributed by atoms with Crippen molar-refractivity contribution in [3.05, 3.63) is 81.9 Å². The maximum absolute atomic E-state index is 9.07. The third-order valence-corrected chi connectivity index (χ3v) is 5.09. The summed E-state index contributed by atoms with van der Waals surface area (Å²) in [6, 6.07) is 18.6. The van der Waals surface area contributed by atoms with Crippen LogP contribution in [0.4, 0.5) is 0 Å². The summed E-state index contributed by atoms with van der Waals surface area (Å²) in [5.74, 6) is 2.30. The molecule has 8 heteroatoms. The number of methoxy groups -OCH3 is 2. The van der Waals surface area contributed by atoms with Gasteiger partial charge in [0.2, 0.25) is 0 Å². The van der Waals surface area contributed by atoms with Gasteiger partial charge in [0, 0.05) is 0 Å². The van der Waals surface area contributed by atoms with Crippen molar-refractivity contribution in [1.29, 1.82) is 5.26 Å². The van der Waals surface area contributed by atoms with Gasteiger partial charge >= 0.3 is 0 Å². The lowest BCUT2D eigenvalue weighted by atomic mass is 10.1. The van der Waals surface area contributed by atoms with Crippen molar-refractivity contribution in [3.63, 3.8) is 0 Å². The molecule has 0 radical (unpaired) electrons. The molecule has 0 heterocycles. The SMILES string of the molecule is CCOc1cc(/C=N/NCc2ccc(OC)c(OC)c2)cc(Cl)c1OCc1cccc(C#N)c1. The van der Waals surface area contributed by atoms with Gasteiger partial charge in [0.25, 0.3) is 0 Å². The minimum Gasteiger partial charge on any atom is -0.493 e. The van der Waals surface area contributed by atoms with Gasteiger partial charge < -0.3 is 24.4 Å². The number of rotatable bonds is 11. The number of hydrogen-bond acceptors (Lipinski definition) is 7. The quantitative estimate of drug-likeness (QED) is 0.295. The zero-order valence-electron chi connectivity index (χ0n) is 19.3. The van der Waals surface area contributed by atoms with E-state index in [9.17, 15) is 0 Å². The van der Waals surface area contributed by atoms with Crippen LogP contribution in [0, 0.1) is 11.3 Å². The van der Waals surface area contributed by atoms with Gasteiger partial charge in [0.1, 0.15) is 6.61 Å². The van der Waals surface area contributed by atoms with Crippen molar-refractivity contribution in [2.45, 2.75) is 20.1 Å². The third-order valence-electron chi connectivity index (χ3n) is 4.81. The number of benzene rings is 3. The van der Waals surface area contributed by atoms with E-state index in [0.717, 1.165) is 16.7 Å². The fourth-order valence-electron chi connectivity index (χ4n) is 3.20. The molecule has 3 aromatic rings. The molecule has 0 saturated heterocycles. The lowest BCUT2D eigenvalue weighted by molar-refractivity contribution is 0.269. The summed E-state index contributed by atoms with van der Waals surface area (Å²) in [4.78, 5) is 0. The number of ether oxygens (including phenoxy) is 4. The molecule has 0 aliphatic rings. The Bertz CT molecular complexity index is 1190. The molecule has 0 spiro atoms. The van der Waals surface area contributed by atoms with Gasteiger partial charge in [0.05, 0.1) is 50.2 Å². The molecule has 0 saturated carbocycles. The second-order valence-corrected chi connectivity index (χ2v) is 7.55. The smallest absolute Gasteiger partial charge is 0.180 e. The first-order valence-electron chi connectivity index (χ1n) is 10.6. The Morgan fingerprint density at radius 1 is 0.971 bits per heavy atom. The Kier molecular flexibility index (Phi) is 9.01. The van der Waals surface area contributed by atoms with Crippen LogP contribution in [0.25, 0.3) is 0 Å². The van der Waals surface area contributed by atoms with Crippen molar-refractivity contribution in [2.75, 3.05) is 20.8 Å². The summed E-state index contributed by atoms with van der Waals surface area (Å²) in [5, 5.41) is 13.8. The summed E-state index contributed by atoms with van der Waals surface area (Å²) in [7, 11) is 3.20. The Balaban J connectivity index is 1.68. The molecule has 0 amide bonds. The van der Waals surface area contributed by atoms with Crippen molar-refractivity contribution in [1.82, 2.24) is 5.43 Å². The van der Waals surface area contributed by atoms with Crippen molar-refractivity contribution >= 4 is 17.8 Å². The molecular formula is C26H26ClN3O4. The van der Waals surface area contributed by atoms with Crippen LogP contribution in [-0.2, 0) is 13.2 Å². The topological polar surface area (TPSA) is 85.1 Å². The van der Waals surface area contributed by atoms with Crippen LogP contribution in [0.5, 0.6) is 23.0 Å². The summed E-state index contributed by atoms with van der Waals surface area (Å²) in [5.41, 5.74) is 6.20. The van der Waals surface area contributed by atoms with Gasteiger partial charge in [-0.05, 0) is 60.0 Å². The van der Waals surface area contributed by atoms with Crippen molar-refractivity contribution in [2.24, 2.45) is 5.10 Å². The highest BCUT2D eigenvalue weighted by atomic mass is 35.5. The van der Waals surface area contributed by atoms with Gasteiger partial charge in [-0.25, -0.2) is 0 Å². The molecule has 0 bridgehead atoms. The lowest BCUT2D eigenvalue weighted by Crippen LogP contribution is -2.06. The summed E-state index contributed by atoms with van der Waals surface area (Å²) in [6.45, 7) is 3.11. The second kappa shape index (κ2) is 12.4. The first-order chi connectivity index (χ1) is 16.6. The largest absolute Gasteiger partial charge is 0.493 e. The fourth-order valence-corrected chi connectivity index (χ4v) is 3.47. The third kappa shape index (κ3) is 6.56. The molecule has 0 aromatic heterocycles. The normalized spacial score (nSPS) is 10.6. The second-order valence-electron chi connectivity index (χ2n) is 7.15. The molecule has 0 unspecified atom stereocenters. The van der Waals surface area contributed by atoms with E-state index < -0.39 is 0 Å². The maximum atomic E-state index is 9.07. The Labute approximate surface area is 204 Å². The number of hydrazone groups is 1. The van der Waals surface area contributed by atoms with E-state index in [4.69, 9.17) is 35.8 Å². The highest BCUT2D eigenvalue weighted by Crippen LogP contribution is 2.37. The number of hydrogen-bond donors (Lipinski definition) is 1. The molecular weight excluding hydrogens is 454 g/mol. The highest BCUT2D eigenvalue weighted by molar-refractivity contribution is 6.32. The van der Waals surface area contributed by atoms with Crippen LogP contribution in [-0.4, -0.2) is 27.0 Å². The van der Waals surface area contributed by atoms with Crippen LogP contribution >= 0.6 is 11.6 Å². The Morgan fingerprint density at radius 3 is 2.53 bits per heavy atom. The molecule has 3 rings (SSSR count). The van der Waals surface area contributed by atoms with E-state index in [1.807, 2.05) is 43.3 Å². The Hall–Kier alpha value is -3.89. The van der Waals surface area contributed by atoms with Gasteiger partial charge in [-0.15, -0.1) is 0 Å². The van der Waals surface area contributed by atoms with Gasteiger partial charge in [-0.3, -0.25) is 0 Å². The molecule has 176 valence electrons. The number of halogens is 1. The van der Waals surface area contributed by atoms with Crippen LogP contribution in [0.2, 0.25) is 5.02 Å². The monoisotopic (exact) mass is 479 g/mol. The minimum atomic E-state index is 0.260. The average molecular weight is 480 g/mol. The number of nitriles is 1. The summed E-state index contributed by atoms with van der Waals surface area (Å²) >= 11 is 6.50. The standard InChI is InChI=1S/C26H26ClN3O4/c1-4-33-25-13-21(16-30-29-15-19-8-9-23(31-2)24(12-19)32-3)11-22(27)26(25)34-17-20-7-5-6-18(10-20)14-28/h5-13,16,29H,4,15,17H2,1-3H3/b30-16+. The fraction of sp³-hybridized carbons (Fsp3) is 0.231. The van der Waals surface area contributed by atoms with Gasteiger partial charge in [0.15, 0.2) is 23.0 Å². The first kappa shape index (κ1) is 24.7. The first-order valence-corrected chi connectivity index (χ1v) is 11.0. The molecule has 7 nitrogen and oxygen atoms in total.